The standard InChI is InChI=1S/C14H4BrCl2F6N3O4/c15-9-7(3-5(13(18,19)20)10(16)11(9)17)24-12-6(14(21,22)23)1-4(25(27)28)2-8(12)26(29)30/h1-3,24H. The summed E-state index contributed by atoms with van der Waals surface area (Å²) in [5.74, 6) is 0. The normalized spacial score (nSPS) is 12.0. The smallest absolute Gasteiger partial charge is 0.348 e. The fraction of sp³-hybridized carbons (Fsp3) is 0.143. The summed E-state index contributed by atoms with van der Waals surface area (Å²) in [5.41, 5.74) is -8.11. The van der Waals surface area contributed by atoms with Crippen molar-refractivity contribution in [3.8, 4) is 0 Å². The van der Waals surface area contributed by atoms with Gasteiger partial charge < -0.3 is 5.32 Å². The number of nitro benzene ring substituents is 2. The van der Waals surface area contributed by atoms with Gasteiger partial charge in [-0.15, -0.1) is 0 Å². The molecule has 2 aromatic rings. The van der Waals surface area contributed by atoms with Gasteiger partial charge in [0, 0.05) is 6.07 Å². The first kappa shape index (κ1) is 24.0. The maximum Gasteiger partial charge on any atom is 0.418 e. The average molecular weight is 543 g/mol. The van der Waals surface area contributed by atoms with Gasteiger partial charge in [-0.2, -0.15) is 26.3 Å². The van der Waals surface area contributed by atoms with Crippen molar-refractivity contribution in [1.82, 2.24) is 0 Å². The maximum absolute atomic E-state index is 13.4. The predicted molar refractivity (Wildman–Crippen MR) is 97.2 cm³/mol. The van der Waals surface area contributed by atoms with Gasteiger partial charge in [0.15, 0.2) is 0 Å². The molecule has 0 atom stereocenters. The highest BCUT2D eigenvalue weighted by Gasteiger charge is 2.41. The van der Waals surface area contributed by atoms with Gasteiger partial charge in [-0.25, -0.2) is 0 Å². The molecule has 162 valence electrons. The molecule has 0 saturated heterocycles. The number of anilines is 2. The first-order valence-corrected chi connectivity index (χ1v) is 8.66. The first-order chi connectivity index (χ1) is 13.6. The number of benzene rings is 2. The van der Waals surface area contributed by atoms with Crippen LogP contribution in [0.15, 0.2) is 22.7 Å². The molecule has 0 bridgehead atoms. The Balaban J connectivity index is 2.85. The zero-order valence-corrected chi connectivity index (χ0v) is 16.8. The van der Waals surface area contributed by atoms with Crippen LogP contribution in [0.4, 0.5) is 49.1 Å². The largest absolute Gasteiger partial charge is 0.418 e. The molecule has 30 heavy (non-hydrogen) atoms. The quantitative estimate of drug-likeness (QED) is 0.188. The summed E-state index contributed by atoms with van der Waals surface area (Å²) >= 11 is 14.0. The molecular weight excluding hydrogens is 539 g/mol. The van der Waals surface area contributed by atoms with Crippen LogP contribution < -0.4 is 5.32 Å². The molecule has 16 heteroatoms. The van der Waals surface area contributed by atoms with Crippen LogP contribution in [0.2, 0.25) is 10.0 Å². The monoisotopic (exact) mass is 541 g/mol. The number of alkyl halides is 6. The molecule has 0 saturated carbocycles. The molecule has 2 rings (SSSR count). The van der Waals surface area contributed by atoms with Gasteiger partial charge >= 0.3 is 12.4 Å². The molecule has 0 spiro atoms. The number of halogens is 9. The lowest BCUT2D eigenvalue weighted by molar-refractivity contribution is -0.394. The minimum Gasteiger partial charge on any atom is -0.348 e. The van der Waals surface area contributed by atoms with E-state index in [0.29, 0.717) is 0 Å². The fourth-order valence-electron chi connectivity index (χ4n) is 2.25. The molecular formula is C14H4BrCl2F6N3O4. The number of nitro groups is 2. The summed E-state index contributed by atoms with van der Waals surface area (Å²) < 4.78 is 79.3. The second-order valence-corrected chi connectivity index (χ2v) is 6.98. The van der Waals surface area contributed by atoms with E-state index >= 15 is 0 Å². The van der Waals surface area contributed by atoms with E-state index in [1.165, 1.54) is 0 Å². The van der Waals surface area contributed by atoms with Crippen LogP contribution in [0.3, 0.4) is 0 Å². The molecule has 2 aromatic carbocycles. The lowest BCUT2D eigenvalue weighted by atomic mass is 10.1. The minimum absolute atomic E-state index is 0.00539. The summed E-state index contributed by atoms with van der Waals surface area (Å²) in [5, 5.41) is 22.3. The molecule has 0 heterocycles. The van der Waals surface area contributed by atoms with E-state index in [0.717, 1.165) is 0 Å². The highest BCUT2D eigenvalue weighted by Crippen LogP contribution is 2.48. The van der Waals surface area contributed by atoms with Crippen molar-refractivity contribution in [3.63, 3.8) is 0 Å². The highest BCUT2D eigenvalue weighted by molar-refractivity contribution is 9.10. The third-order valence-electron chi connectivity index (χ3n) is 3.53. The van der Waals surface area contributed by atoms with Crippen LogP contribution in [-0.4, -0.2) is 9.85 Å². The Hall–Kier alpha value is -2.32. The van der Waals surface area contributed by atoms with E-state index in [1.54, 1.807) is 0 Å². The summed E-state index contributed by atoms with van der Waals surface area (Å²) in [4.78, 5) is 19.4. The average Bonchev–Trinajstić information content (AvgIpc) is 2.59. The number of nitrogens with zero attached hydrogens (tertiary/aromatic N) is 2. The van der Waals surface area contributed by atoms with E-state index < -0.39 is 70.6 Å². The second-order valence-electron chi connectivity index (χ2n) is 5.44. The highest BCUT2D eigenvalue weighted by atomic mass is 79.9. The second kappa shape index (κ2) is 8.07. The Labute approximate surface area is 180 Å². The lowest BCUT2D eigenvalue weighted by Crippen LogP contribution is -2.13. The van der Waals surface area contributed by atoms with Gasteiger partial charge in [0.2, 0.25) is 0 Å². The summed E-state index contributed by atoms with van der Waals surface area (Å²) in [6.45, 7) is 0. The van der Waals surface area contributed by atoms with Crippen LogP contribution in [-0.2, 0) is 12.4 Å². The summed E-state index contributed by atoms with van der Waals surface area (Å²) in [7, 11) is 0. The third kappa shape index (κ3) is 4.70. The third-order valence-corrected chi connectivity index (χ3v) is 5.45. The molecule has 0 radical (unpaired) electrons. The zero-order chi connectivity index (χ0) is 23.2. The van der Waals surface area contributed by atoms with Crippen molar-refractivity contribution < 1.29 is 36.2 Å². The maximum atomic E-state index is 13.4. The minimum atomic E-state index is -5.34. The molecule has 7 nitrogen and oxygen atoms in total. The zero-order valence-electron chi connectivity index (χ0n) is 13.7. The van der Waals surface area contributed by atoms with Crippen molar-refractivity contribution in [2.24, 2.45) is 0 Å². The number of rotatable bonds is 4. The van der Waals surface area contributed by atoms with Gasteiger partial charge in [-0.3, -0.25) is 20.2 Å². The van der Waals surface area contributed by atoms with Gasteiger partial charge in [0.1, 0.15) is 5.69 Å². The summed E-state index contributed by atoms with van der Waals surface area (Å²) in [6, 6.07) is 0.517. The number of non-ortho nitro benzene ring substituents is 1. The van der Waals surface area contributed by atoms with Crippen molar-refractivity contribution in [2.45, 2.75) is 12.4 Å². The van der Waals surface area contributed by atoms with Crippen molar-refractivity contribution in [3.05, 3.63) is 64.1 Å². The SMILES string of the molecule is O=[N+]([O-])c1cc([N+](=O)[O-])c(Nc2cc(C(F)(F)F)c(Cl)c(Cl)c2Br)c(C(F)(F)F)c1. The molecule has 0 aliphatic rings. The van der Waals surface area contributed by atoms with Crippen molar-refractivity contribution >= 4 is 61.9 Å². The number of hydrogen-bond donors (Lipinski definition) is 1. The molecule has 0 amide bonds. The van der Waals surface area contributed by atoms with Gasteiger partial charge in [-0.1, -0.05) is 23.2 Å². The predicted octanol–water partition coefficient (Wildman–Crippen LogP) is 7.35. The molecule has 0 aliphatic carbocycles. The first-order valence-electron chi connectivity index (χ1n) is 7.11. The summed E-state index contributed by atoms with van der Waals surface area (Å²) in [6.07, 6.45) is -10.4. The van der Waals surface area contributed by atoms with Crippen LogP contribution in [0, 0.1) is 20.2 Å². The number of hydrogen-bond acceptors (Lipinski definition) is 5. The van der Waals surface area contributed by atoms with Crippen molar-refractivity contribution in [1.29, 1.82) is 0 Å². The Morgan fingerprint density at radius 2 is 1.40 bits per heavy atom. The molecule has 1 N–H and O–H groups in total. The van der Waals surface area contributed by atoms with E-state index in [9.17, 15) is 46.6 Å². The van der Waals surface area contributed by atoms with Gasteiger partial charge in [0.05, 0.1) is 47.2 Å². The Morgan fingerprint density at radius 3 is 1.83 bits per heavy atom. The Morgan fingerprint density at radius 1 is 0.867 bits per heavy atom. The molecule has 0 aromatic heterocycles. The van der Waals surface area contributed by atoms with E-state index in [1.807, 2.05) is 5.32 Å². The molecule has 0 aliphatic heterocycles. The van der Waals surface area contributed by atoms with Crippen molar-refractivity contribution in [2.75, 3.05) is 5.32 Å². The Bertz CT molecular complexity index is 1060. The van der Waals surface area contributed by atoms with Gasteiger partial charge in [-0.05, 0) is 22.0 Å². The van der Waals surface area contributed by atoms with Crippen LogP contribution in [0.1, 0.15) is 11.1 Å². The van der Waals surface area contributed by atoms with Crippen LogP contribution in [0.25, 0.3) is 0 Å². The number of nitrogens with one attached hydrogen (secondary N) is 1. The van der Waals surface area contributed by atoms with E-state index in [-0.39, 0.29) is 18.2 Å². The van der Waals surface area contributed by atoms with Crippen LogP contribution in [0.5, 0.6) is 0 Å². The van der Waals surface area contributed by atoms with Crippen LogP contribution >= 0.6 is 39.1 Å². The lowest BCUT2D eigenvalue weighted by Gasteiger charge is -2.18. The molecule has 0 fully saturated rings. The topological polar surface area (TPSA) is 98.3 Å². The fourth-order valence-corrected chi connectivity index (χ4v) is 3.24. The van der Waals surface area contributed by atoms with Gasteiger partial charge in [0.25, 0.3) is 11.4 Å². The van der Waals surface area contributed by atoms with E-state index in [2.05, 4.69) is 15.9 Å². The molecule has 0 unspecified atom stereocenters. The van der Waals surface area contributed by atoms with E-state index in [4.69, 9.17) is 23.2 Å². The Kier molecular flexibility index (Phi) is 6.45.